The number of aliphatic hydroxyl groups excluding tert-OH is 2. The van der Waals surface area contributed by atoms with Gasteiger partial charge in [0.1, 0.15) is 0 Å². The van der Waals surface area contributed by atoms with E-state index in [4.69, 9.17) is 10.2 Å². The molecule has 1 saturated heterocycles. The Morgan fingerprint density at radius 2 is 2.27 bits per heavy atom. The second-order valence-electron chi connectivity index (χ2n) is 2.86. The molecule has 66 valence electrons. The predicted molar refractivity (Wildman–Crippen MR) is 42.4 cm³/mol. The second-order valence-corrected chi connectivity index (χ2v) is 2.86. The number of hydrogen-bond acceptors (Lipinski definition) is 4. The molecule has 0 aromatic heterocycles. The zero-order valence-corrected chi connectivity index (χ0v) is 6.66. The fraction of sp³-hybridized carbons (Fsp3) is 1.00. The molecule has 0 amide bonds. The van der Waals surface area contributed by atoms with E-state index in [1.165, 1.54) is 0 Å². The Morgan fingerprint density at radius 1 is 1.45 bits per heavy atom. The zero-order valence-electron chi connectivity index (χ0n) is 6.66. The average molecular weight is 160 g/mol. The highest BCUT2D eigenvalue weighted by atomic mass is 16.3. The third kappa shape index (κ3) is 2.75. The van der Waals surface area contributed by atoms with Gasteiger partial charge in [0.15, 0.2) is 0 Å². The van der Waals surface area contributed by atoms with Crippen molar-refractivity contribution in [2.24, 2.45) is 0 Å². The molecule has 1 unspecified atom stereocenters. The maximum Gasteiger partial charge on any atom is 0.0597 e. The largest absolute Gasteiger partial charge is 0.395 e. The zero-order chi connectivity index (χ0) is 8.10. The standard InChI is InChI=1S/C7H16N2O2/c10-4-3-9-2-1-8-7(5-9)6-11/h7-8,10-11H,1-6H2. The van der Waals surface area contributed by atoms with Gasteiger partial charge in [0.05, 0.1) is 13.2 Å². The van der Waals surface area contributed by atoms with Crippen LogP contribution in [0, 0.1) is 0 Å². The minimum atomic E-state index is 0.182. The molecule has 1 atom stereocenters. The molecule has 1 aliphatic rings. The summed E-state index contributed by atoms with van der Waals surface area (Å²) in [6, 6.07) is 0.190. The highest BCUT2D eigenvalue weighted by Crippen LogP contribution is 1.96. The smallest absolute Gasteiger partial charge is 0.0597 e. The number of aliphatic hydroxyl groups is 2. The maximum absolute atomic E-state index is 8.83. The van der Waals surface area contributed by atoms with Crippen LogP contribution in [0.3, 0.4) is 0 Å². The van der Waals surface area contributed by atoms with Crippen LogP contribution in [0.1, 0.15) is 0 Å². The molecule has 0 radical (unpaired) electrons. The van der Waals surface area contributed by atoms with E-state index >= 15 is 0 Å². The summed E-state index contributed by atoms with van der Waals surface area (Å²) in [4.78, 5) is 2.15. The van der Waals surface area contributed by atoms with Crippen LogP contribution >= 0.6 is 0 Å². The molecule has 1 aliphatic heterocycles. The molecular weight excluding hydrogens is 144 g/mol. The monoisotopic (exact) mass is 160 g/mol. The topological polar surface area (TPSA) is 55.7 Å². The van der Waals surface area contributed by atoms with Gasteiger partial charge in [0.25, 0.3) is 0 Å². The summed E-state index contributed by atoms with van der Waals surface area (Å²) in [6.07, 6.45) is 0. The lowest BCUT2D eigenvalue weighted by molar-refractivity contribution is 0.127. The molecule has 0 aromatic carbocycles. The molecule has 4 nitrogen and oxygen atoms in total. The number of rotatable bonds is 3. The summed E-state index contributed by atoms with van der Waals surface area (Å²) in [6.45, 7) is 3.83. The number of nitrogens with one attached hydrogen (secondary N) is 1. The normalized spacial score (nSPS) is 27.3. The van der Waals surface area contributed by atoms with E-state index in [1.54, 1.807) is 0 Å². The number of hydrogen-bond donors (Lipinski definition) is 3. The van der Waals surface area contributed by atoms with Crippen molar-refractivity contribution in [1.82, 2.24) is 10.2 Å². The Kier molecular flexibility index (Phi) is 3.79. The van der Waals surface area contributed by atoms with E-state index in [2.05, 4.69) is 10.2 Å². The molecule has 1 rings (SSSR count). The van der Waals surface area contributed by atoms with Gasteiger partial charge in [0, 0.05) is 32.2 Å². The van der Waals surface area contributed by atoms with Crippen molar-refractivity contribution in [2.45, 2.75) is 6.04 Å². The van der Waals surface area contributed by atoms with Crippen molar-refractivity contribution < 1.29 is 10.2 Å². The Hall–Kier alpha value is -0.160. The number of β-amino-alcohol motifs (C(OH)–C–C–N with tert-alkyl or cyclic N) is 1. The summed E-state index contributed by atoms with van der Waals surface area (Å²) in [5.41, 5.74) is 0. The van der Waals surface area contributed by atoms with Gasteiger partial charge in [0.2, 0.25) is 0 Å². The molecule has 0 spiro atoms. The summed E-state index contributed by atoms with van der Waals surface area (Å²) in [7, 11) is 0. The van der Waals surface area contributed by atoms with Gasteiger partial charge < -0.3 is 15.5 Å². The molecule has 0 aromatic rings. The summed E-state index contributed by atoms with van der Waals surface area (Å²) < 4.78 is 0. The van der Waals surface area contributed by atoms with Crippen molar-refractivity contribution >= 4 is 0 Å². The molecule has 11 heavy (non-hydrogen) atoms. The molecule has 3 N–H and O–H groups in total. The van der Waals surface area contributed by atoms with E-state index in [1.807, 2.05) is 0 Å². The lowest BCUT2D eigenvalue weighted by atomic mass is 10.2. The van der Waals surface area contributed by atoms with Gasteiger partial charge in [-0.05, 0) is 0 Å². The molecule has 0 bridgehead atoms. The van der Waals surface area contributed by atoms with Crippen LogP contribution in [0.5, 0.6) is 0 Å². The van der Waals surface area contributed by atoms with E-state index in [0.29, 0.717) is 0 Å². The van der Waals surface area contributed by atoms with Crippen molar-refractivity contribution in [3.05, 3.63) is 0 Å². The van der Waals surface area contributed by atoms with Crippen LogP contribution < -0.4 is 5.32 Å². The first kappa shape index (κ1) is 8.93. The van der Waals surface area contributed by atoms with Gasteiger partial charge in [-0.15, -0.1) is 0 Å². The first-order valence-corrected chi connectivity index (χ1v) is 4.04. The fourth-order valence-electron chi connectivity index (χ4n) is 1.36. The number of nitrogens with zero attached hydrogens (tertiary/aromatic N) is 1. The van der Waals surface area contributed by atoms with Gasteiger partial charge in [-0.25, -0.2) is 0 Å². The van der Waals surface area contributed by atoms with Gasteiger partial charge in [-0.1, -0.05) is 0 Å². The summed E-state index contributed by atoms with van der Waals surface area (Å²) in [5.74, 6) is 0. The molecule has 4 heteroatoms. The van der Waals surface area contributed by atoms with Crippen LogP contribution in [-0.2, 0) is 0 Å². The Labute approximate surface area is 66.8 Å². The Morgan fingerprint density at radius 3 is 2.91 bits per heavy atom. The maximum atomic E-state index is 8.83. The molecule has 0 aliphatic carbocycles. The van der Waals surface area contributed by atoms with Gasteiger partial charge >= 0.3 is 0 Å². The predicted octanol–water partition coefficient (Wildman–Crippen LogP) is -1.76. The third-order valence-corrected chi connectivity index (χ3v) is 1.98. The second kappa shape index (κ2) is 4.66. The third-order valence-electron chi connectivity index (χ3n) is 1.98. The van der Waals surface area contributed by atoms with Crippen LogP contribution in [0.25, 0.3) is 0 Å². The fourth-order valence-corrected chi connectivity index (χ4v) is 1.36. The molecule has 1 fully saturated rings. The molecular formula is C7H16N2O2. The highest BCUT2D eigenvalue weighted by molar-refractivity contribution is 4.77. The minimum absolute atomic E-state index is 0.182. The van der Waals surface area contributed by atoms with Crippen molar-refractivity contribution in [3.8, 4) is 0 Å². The highest BCUT2D eigenvalue weighted by Gasteiger charge is 2.16. The molecule has 0 saturated carbocycles. The van der Waals surface area contributed by atoms with Crippen LogP contribution in [0.4, 0.5) is 0 Å². The van der Waals surface area contributed by atoms with Crippen molar-refractivity contribution in [1.29, 1.82) is 0 Å². The minimum Gasteiger partial charge on any atom is -0.395 e. The van der Waals surface area contributed by atoms with Gasteiger partial charge in [-0.3, -0.25) is 4.90 Å². The van der Waals surface area contributed by atoms with Crippen molar-refractivity contribution in [3.63, 3.8) is 0 Å². The summed E-state index contributed by atoms with van der Waals surface area (Å²) in [5, 5.41) is 20.7. The Balaban J connectivity index is 2.21. The Bertz CT molecular complexity index is 109. The first-order valence-electron chi connectivity index (χ1n) is 4.04. The van der Waals surface area contributed by atoms with Gasteiger partial charge in [-0.2, -0.15) is 0 Å². The van der Waals surface area contributed by atoms with Crippen molar-refractivity contribution in [2.75, 3.05) is 39.4 Å². The van der Waals surface area contributed by atoms with E-state index in [0.717, 1.165) is 26.2 Å². The van der Waals surface area contributed by atoms with E-state index in [9.17, 15) is 0 Å². The lowest BCUT2D eigenvalue weighted by Gasteiger charge is -2.32. The quantitative estimate of drug-likeness (QED) is 0.458. The van der Waals surface area contributed by atoms with Crippen LogP contribution in [-0.4, -0.2) is 60.5 Å². The lowest BCUT2D eigenvalue weighted by Crippen LogP contribution is -2.52. The van der Waals surface area contributed by atoms with E-state index in [-0.39, 0.29) is 19.3 Å². The van der Waals surface area contributed by atoms with Crippen LogP contribution in [0.15, 0.2) is 0 Å². The SMILES string of the molecule is OCCN1CCNC(CO)C1. The average Bonchev–Trinajstić information content (AvgIpc) is 2.06. The molecule has 1 heterocycles. The summed E-state index contributed by atoms with van der Waals surface area (Å²) >= 11 is 0. The number of piperazine rings is 1. The first-order chi connectivity index (χ1) is 5.36. The van der Waals surface area contributed by atoms with E-state index < -0.39 is 0 Å². The van der Waals surface area contributed by atoms with Crippen LogP contribution in [0.2, 0.25) is 0 Å².